The first-order valence-electron chi connectivity index (χ1n) is 13.3. The number of para-hydroxylation sites is 1. The second-order valence-corrected chi connectivity index (χ2v) is 12.9. The van der Waals surface area contributed by atoms with Gasteiger partial charge in [-0.2, -0.15) is 4.52 Å². The normalized spacial score (nSPS) is 15.7. The number of hydrogen-bond donors (Lipinski definition) is 2. The van der Waals surface area contributed by atoms with Crippen LogP contribution < -0.4 is 10.6 Å². The zero-order valence-corrected chi connectivity index (χ0v) is 25.3. The lowest BCUT2D eigenvalue weighted by Crippen LogP contribution is -2.44. The lowest BCUT2D eigenvalue weighted by molar-refractivity contribution is -0.121. The van der Waals surface area contributed by atoms with Gasteiger partial charge in [0.2, 0.25) is 11.9 Å². The monoisotopic (exact) mass is 663 g/mol. The molecule has 3 heterocycles. The standard InChI is InChI=1S/C29H26BrN7O5S/c1-43(40,41)20-12-10-19(11-13-20)25-34-26-21-8-5-9-22(30)24(21)33-28(37(26)35-25)32-23-16-36(15-14-31-27(23)38)29(39)42-17-18-6-3-2-4-7-18/h2-13,23H,14-17H2,1H3,(H,31,38)(H,32,33)/t23-/m1/s1. The van der Waals surface area contributed by atoms with Crippen LogP contribution in [0.15, 0.2) is 82.2 Å². The number of halogens is 1. The molecule has 0 saturated carbocycles. The molecule has 0 spiro atoms. The Kier molecular flexibility index (Phi) is 7.71. The molecule has 0 aliphatic carbocycles. The topological polar surface area (TPSA) is 148 Å². The molecule has 1 aliphatic rings. The molecular formula is C29H26BrN7O5S. The molecule has 0 radical (unpaired) electrons. The summed E-state index contributed by atoms with van der Waals surface area (Å²) < 4.78 is 31.6. The number of nitrogens with one attached hydrogen (secondary N) is 2. The fourth-order valence-corrected chi connectivity index (χ4v) is 5.82. The van der Waals surface area contributed by atoms with E-state index in [4.69, 9.17) is 14.7 Å². The van der Waals surface area contributed by atoms with Gasteiger partial charge in [-0.1, -0.05) is 36.4 Å². The lowest BCUT2D eigenvalue weighted by atomic mass is 10.2. The minimum absolute atomic E-state index is 0.0329. The van der Waals surface area contributed by atoms with Crippen molar-refractivity contribution in [2.24, 2.45) is 0 Å². The van der Waals surface area contributed by atoms with Crippen molar-refractivity contribution in [2.45, 2.75) is 17.5 Å². The van der Waals surface area contributed by atoms with Gasteiger partial charge < -0.3 is 20.3 Å². The molecule has 1 aliphatic heterocycles. The van der Waals surface area contributed by atoms with E-state index in [-0.39, 0.29) is 43.0 Å². The molecule has 5 aromatic rings. The van der Waals surface area contributed by atoms with Crippen LogP contribution in [0.5, 0.6) is 0 Å². The number of nitrogens with zero attached hydrogens (tertiary/aromatic N) is 5. The summed E-state index contributed by atoms with van der Waals surface area (Å²) in [6.45, 7) is 0.690. The van der Waals surface area contributed by atoms with E-state index in [0.717, 1.165) is 11.8 Å². The summed E-state index contributed by atoms with van der Waals surface area (Å²) in [7, 11) is -3.37. The van der Waals surface area contributed by atoms with E-state index in [9.17, 15) is 18.0 Å². The summed E-state index contributed by atoms with van der Waals surface area (Å²) in [4.78, 5) is 37.2. The highest BCUT2D eigenvalue weighted by Gasteiger charge is 2.30. The number of aromatic nitrogens is 4. The lowest BCUT2D eigenvalue weighted by Gasteiger charge is -2.23. The Hall–Kier alpha value is -4.56. The van der Waals surface area contributed by atoms with Crippen molar-refractivity contribution in [1.29, 1.82) is 0 Å². The first-order chi connectivity index (χ1) is 20.7. The van der Waals surface area contributed by atoms with Crippen molar-refractivity contribution < 1.29 is 22.7 Å². The number of carbonyl (C=O) groups excluding carboxylic acids is 2. The number of sulfone groups is 1. The number of anilines is 1. The van der Waals surface area contributed by atoms with Crippen molar-refractivity contribution in [3.05, 3.63) is 82.8 Å². The highest BCUT2D eigenvalue weighted by molar-refractivity contribution is 9.10. The number of fused-ring (bicyclic) bond motifs is 3. The molecule has 3 aromatic carbocycles. The smallest absolute Gasteiger partial charge is 0.410 e. The van der Waals surface area contributed by atoms with Gasteiger partial charge in [0, 0.05) is 34.8 Å². The maximum absolute atomic E-state index is 13.1. The van der Waals surface area contributed by atoms with E-state index in [1.54, 1.807) is 12.1 Å². The third kappa shape index (κ3) is 6.01. The highest BCUT2D eigenvalue weighted by atomic mass is 79.9. The third-order valence-corrected chi connectivity index (χ3v) is 8.73. The van der Waals surface area contributed by atoms with Gasteiger partial charge in [-0.05, 0) is 57.9 Å². The Bertz CT molecular complexity index is 1950. The molecule has 14 heteroatoms. The molecule has 0 unspecified atom stereocenters. The summed E-state index contributed by atoms with van der Waals surface area (Å²) in [6.07, 6.45) is 0.610. The van der Waals surface area contributed by atoms with Crippen molar-refractivity contribution in [3.63, 3.8) is 0 Å². The molecule has 12 nitrogen and oxygen atoms in total. The summed E-state index contributed by atoms with van der Waals surface area (Å²) in [5.74, 6) is 0.270. The largest absolute Gasteiger partial charge is 0.445 e. The molecule has 43 heavy (non-hydrogen) atoms. The average molecular weight is 665 g/mol. The van der Waals surface area contributed by atoms with Gasteiger partial charge >= 0.3 is 6.09 Å². The molecule has 2 N–H and O–H groups in total. The molecule has 2 amide bonds. The third-order valence-electron chi connectivity index (χ3n) is 6.96. The van der Waals surface area contributed by atoms with Crippen LogP contribution in [0, 0.1) is 0 Å². The van der Waals surface area contributed by atoms with Gasteiger partial charge in [-0.15, -0.1) is 5.10 Å². The van der Waals surface area contributed by atoms with Crippen molar-refractivity contribution in [3.8, 4) is 11.4 Å². The van der Waals surface area contributed by atoms with Gasteiger partial charge in [0.15, 0.2) is 21.3 Å². The number of rotatable bonds is 6. The number of hydrogen-bond acceptors (Lipinski definition) is 9. The quantitative estimate of drug-likeness (QED) is 0.278. The molecule has 1 fully saturated rings. The minimum Gasteiger partial charge on any atom is -0.445 e. The van der Waals surface area contributed by atoms with Crippen LogP contribution in [0.1, 0.15) is 5.56 Å². The highest BCUT2D eigenvalue weighted by Crippen LogP contribution is 2.29. The maximum Gasteiger partial charge on any atom is 0.410 e. The van der Waals surface area contributed by atoms with E-state index >= 15 is 0 Å². The molecular weight excluding hydrogens is 638 g/mol. The minimum atomic E-state index is -3.37. The molecule has 2 aromatic heterocycles. The van der Waals surface area contributed by atoms with E-state index < -0.39 is 22.0 Å². The maximum atomic E-state index is 13.1. The van der Waals surface area contributed by atoms with Crippen LogP contribution >= 0.6 is 15.9 Å². The first kappa shape index (κ1) is 28.6. The number of amides is 2. The van der Waals surface area contributed by atoms with Gasteiger partial charge in [-0.3, -0.25) is 4.79 Å². The van der Waals surface area contributed by atoms with Crippen LogP contribution in [0.25, 0.3) is 27.9 Å². The van der Waals surface area contributed by atoms with Gasteiger partial charge in [0.1, 0.15) is 12.6 Å². The fourth-order valence-electron chi connectivity index (χ4n) is 4.74. The number of benzene rings is 3. The second kappa shape index (κ2) is 11.6. The Balaban J connectivity index is 1.33. The van der Waals surface area contributed by atoms with Crippen LogP contribution in [0.4, 0.5) is 10.7 Å². The van der Waals surface area contributed by atoms with Gasteiger partial charge in [0.25, 0.3) is 0 Å². The molecule has 6 rings (SSSR count). The van der Waals surface area contributed by atoms with Crippen LogP contribution in [0.2, 0.25) is 0 Å². The zero-order chi connectivity index (χ0) is 30.1. The van der Waals surface area contributed by atoms with Crippen LogP contribution in [0.3, 0.4) is 0 Å². The predicted molar refractivity (Wildman–Crippen MR) is 163 cm³/mol. The van der Waals surface area contributed by atoms with E-state index in [2.05, 4.69) is 31.7 Å². The summed E-state index contributed by atoms with van der Waals surface area (Å²) in [5.41, 5.74) is 2.53. The number of ether oxygens (including phenoxy) is 1. The Labute approximate surface area is 255 Å². The van der Waals surface area contributed by atoms with Gasteiger partial charge in [0.05, 0.1) is 17.0 Å². The van der Waals surface area contributed by atoms with E-state index in [1.807, 2.05) is 48.5 Å². The molecule has 220 valence electrons. The molecule has 1 atom stereocenters. The van der Waals surface area contributed by atoms with Crippen LogP contribution in [-0.4, -0.2) is 76.8 Å². The van der Waals surface area contributed by atoms with Crippen molar-refractivity contribution >= 4 is 60.3 Å². The summed E-state index contributed by atoms with van der Waals surface area (Å²) >= 11 is 3.56. The van der Waals surface area contributed by atoms with Gasteiger partial charge in [-0.25, -0.2) is 23.2 Å². The van der Waals surface area contributed by atoms with E-state index in [0.29, 0.717) is 32.4 Å². The van der Waals surface area contributed by atoms with Crippen molar-refractivity contribution in [1.82, 2.24) is 29.8 Å². The van der Waals surface area contributed by atoms with Crippen molar-refractivity contribution in [2.75, 3.05) is 31.2 Å². The molecule has 1 saturated heterocycles. The fraction of sp³-hybridized carbons (Fsp3) is 0.207. The summed E-state index contributed by atoms with van der Waals surface area (Å²) in [5, 5.41) is 11.4. The first-order valence-corrected chi connectivity index (χ1v) is 16.0. The Morgan fingerprint density at radius 3 is 2.58 bits per heavy atom. The second-order valence-electron chi connectivity index (χ2n) is 10.0. The Morgan fingerprint density at radius 2 is 1.84 bits per heavy atom. The SMILES string of the molecule is CS(=O)(=O)c1ccc(-c2nc3c4cccc(Br)c4nc(N[C@@H]4CN(C(=O)OCc5ccccc5)CCNC4=O)n3n2)cc1. The Morgan fingerprint density at radius 1 is 1.07 bits per heavy atom. The number of carbonyl (C=O) groups is 2. The van der Waals surface area contributed by atoms with E-state index in [1.165, 1.54) is 21.5 Å². The zero-order valence-electron chi connectivity index (χ0n) is 22.9. The summed E-state index contributed by atoms with van der Waals surface area (Å²) in [6, 6.07) is 20.3. The van der Waals surface area contributed by atoms with Crippen LogP contribution in [-0.2, 0) is 26.0 Å². The predicted octanol–water partition coefficient (Wildman–Crippen LogP) is 3.66. The molecule has 0 bridgehead atoms. The average Bonchev–Trinajstić information content (AvgIpc) is 3.37.